The first-order valence-corrected chi connectivity index (χ1v) is 7.59. The minimum absolute atomic E-state index is 0.148. The molecule has 1 fully saturated rings. The zero-order chi connectivity index (χ0) is 25.5. The molecular weight excluding hydrogens is 290 g/mol. The molecule has 1 aromatic carbocycles. The van der Waals surface area contributed by atoms with E-state index in [4.69, 9.17) is 23.2 Å². The lowest BCUT2D eigenvalue weighted by Gasteiger charge is -2.46. The second-order valence-electron chi connectivity index (χ2n) is 6.07. The van der Waals surface area contributed by atoms with Crippen molar-refractivity contribution in [3.05, 3.63) is 23.2 Å². The first-order chi connectivity index (χ1) is 14.8. The summed E-state index contributed by atoms with van der Waals surface area (Å²) in [4.78, 5) is 0.789. The number of ether oxygens (including phenoxy) is 2. The summed E-state index contributed by atoms with van der Waals surface area (Å²) in [5.74, 6) is -3.03. The van der Waals surface area contributed by atoms with Crippen molar-refractivity contribution in [3.63, 3.8) is 0 Å². The number of aliphatic hydroxyl groups is 1. The van der Waals surface area contributed by atoms with Gasteiger partial charge in [-0.05, 0) is 54.2 Å². The quantitative estimate of drug-likeness (QED) is 0.922. The highest BCUT2D eigenvalue weighted by atomic mass is 16.5. The van der Waals surface area contributed by atoms with Gasteiger partial charge in [-0.25, -0.2) is 0 Å². The summed E-state index contributed by atoms with van der Waals surface area (Å²) >= 11 is 0. The molecule has 3 rings (SSSR count). The van der Waals surface area contributed by atoms with Crippen LogP contribution < -0.4 is 9.47 Å². The fourth-order valence-corrected chi connectivity index (χ4v) is 2.87. The third-order valence-electron chi connectivity index (χ3n) is 3.90. The molecule has 2 heterocycles. The van der Waals surface area contributed by atoms with Crippen molar-refractivity contribution in [2.24, 2.45) is 11.8 Å². The van der Waals surface area contributed by atoms with E-state index in [9.17, 15) is 5.11 Å². The second kappa shape index (κ2) is 6.70. The Morgan fingerprint density at radius 2 is 2.09 bits per heavy atom. The maximum Gasteiger partial charge on any atom is 0.161 e. The van der Waals surface area contributed by atoms with Gasteiger partial charge in [0.2, 0.25) is 0 Å². The lowest BCUT2D eigenvalue weighted by molar-refractivity contribution is -0.0191. The van der Waals surface area contributed by atoms with Gasteiger partial charge in [0.25, 0.3) is 0 Å². The van der Waals surface area contributed by atoms with E-state index >= 15 is 0 Å². The summed E-state index contributed by atoms with van der Waals surface area (Å²) < 4.78 is 96.9. The lowest BCUT2D eigenvalue weighted by Crippen LogP contribution is -2.48. The van der Waals surface area contributed by atoms with Crippen molar-refractivity contribution in [3.8, 4) is 11.5 Å². The van der Waals surface area contributed by atoms with Crippen LogP contribution in [0.25, 0.3) is 0 Å². The summed E-state index contributed by atoms with van der Waals surface area (Å²) in [7, 11) is 2.38. The van der Waals surface area contributed by atoms with Crippen molar-refractivity contribution in [2.45, 2.75) is 45.1 Å². The molecule has 0 aromatic heterocycles. The van der Waals surface area contributed by atoms with Gasteiger partial charge in [-0.15, -0.1) is 0 Å². The molecule has 3 atom stereocenters. The molecule has 23 heavy (non-hydrogen) atoms. The molecule has 4 nitrogen and oxygen atoms in total. The van der Waals surface area contributed by atoms with Crippen molar-refractivity contribution >= 4 is 0 Å². The summed E-state index contributed by atoms with van der Waals surface area (Å²) in [6, 6.07) is -2.98. The SMILES string of the molecule is [2H]c1c(OC)c(OC)c([2H])c2c1C1N(CC([2H])(CC(C)C)C([2H])(O)C1([2H])[2H])C([2H])([2H])C2([2H])[2H]. The van der Waals surface area contributed by atoms with Gasteiger partial charge in [-0.1, -0.05) is 13.8 Å². The average molecular weight is 330 g/mol. The third kappa shape index (κ3) is 3.20. The van der Waals surface area contributed by atoms with Crippen molar-refractivity contribution in [1.29, 1.82) is 0 Å². The highest BCUT2D eigenvalue weighted by molar-refractivity contribution is 5.49. The molecule has 2 aliphatic heterocycles. The van der Waals surface area contributed by atoms with Crippen LogP contribution in [0.2, 0.25) is 0 Å². The fourth-order valence-electron chi connectivity index (χ4n) is 2.87. The predicted octanol–water partition coefficient (Wildman–Crippen LogP) is 3.03. The molecule has 2 aliphatic rings. The van der Waals surface area contributed by atoms with Gasteiger partial charge in [-0.2, -0.15) is 0 Å². The van der Waals surface area contributed by atoms with Crippen LogP contribution in [0.1, 0.15) is 57.5 Å². The van der Waals surface area contributed by atoms with E-state index in [1.165, 1.54) is 14.2 Å². The maximum absolute atomic E-state index is 11.1. The Morgan fingerprint density at radius 1 is 1.39 bits per heavy atom. The van der Waals surface area contributed by atoms with E-state index in [-0.39, 0.29) is 23.8 Å². The van der Waals surface area contributed by atoms with Crippen LogP contribution in [-0.2, 0) is 6.37 Å². The predicted molar refractivity (Wildman–Crippen MR) is 91.1 cm³/mol. The van der Waals surface area contributed by atoms with E-state index in [1.54, 1.807) is 13.8 Å². The molecule has 1 aromatic rings. The zero-order valence-corrected chi connectivity index (χ0v) is 13.8. The molecule has 1 N–H and O–H groups in total. The van der Waals surface area contributed by atoms with Crippen molar-refractivity contribution in [1.82, 2.24) is 4.90 Å². The molecule has 0 saturated carbocycles. The molecule has 0 amide bonds. The molecule has 128 valence electrons. The molecule has 0 radical (unpaired) electrons. The first-order valence-electron chi connectivity index (χ1n) is 12.6. The van der Waals surface area contributed by atoms with E-state index in [0.717, 1.165) is 4.90 Å². The van der Waals surface area contributed by atoms with E-state index < -0.39 is 67.0 Å². The molecule has 0 bridgehead atoms. The van der Waals surface area contributed by atoms with Crippen molar-refractivity contribution in [2.75, 3.05) is 27.3 Å². The van der Waals surface area contributed by atoms with Gasteiger partial charge in [0.05, 0.1) is 24.4 Å². The van der Waals surface area contributed by atoms with Gasteiger partial charge in [-0.3, -0.25) is 4.90 Å². The normalized spacial score (nSPS) is 46.8. The first kappa shape index (κ1) is 8.21. The van der Waals surface area contributed by atoms with Crippen LogP contribution in [0, 0.1) is 11.8 Å². The zero-order valence-electron chi connectivity index (χ0n) is 23.8. The van der Waals surface area contributed by atoms with E-state index in [1.807, 2.05) is 0 Å². The highest BCUT2D eigenvalue weighted by Gasteiger charge is 2.38. The molecule has 0 aliphatic carbocycles. The minimum atomic E-state index is -3.04. The Balaban J connectivity index is 2.47. The summed E-state index contributed by atoms with van der Waals surface area (Å²) in [5.41, 5.74) is -1.00. The Hall–Kier alpha value is -1.26. The van der Waals surface area contributed by atoms with Gasteiger partial charge in [0.1, 0.15) is 0 Å². The van der Waals surface area contributed by atoms with Gasteiger partial charge in [0, 0.05) is 28.7 Å². The van der Waals surface area contributed by atoms with Crippen LogP contribution in [0.4, 0.5) is 0 Å². The highest BCUT2D eigenvalue weighted by Crippen LogP contribution is 2.43. The van der Waals surface area contributed by atoms with Gasteiger partial charge >= 0.3 is 0 Å². The standard InChI is InChI=1S/C19H29NO3/c1-12(2)7-14-11-20-6-5-13-8-18(22-3)19(23-4)9-15(13)16(20)10-17(14)21/h8-9,12,14,16-17,21H,5-7,10-11H2,1-4H3/i5D2,6D2,8D,9D,10D2,14D,17D. The Kier molecular flexibility index (Phi) is 2.39. The third-order valence-corrected chi connectivity index (χ3v) is 3.90. The fraction of sp³-hybridized carbons (Fsp3) is 0.684. The van der Waals surface area contributed by atoms with E-state index in [2.05, 4.69) is 0 Å². The molecule has 3 unspecified atom stereocenters. The molecule has 4 heteroatoms. The summed E-state index contributed by atoms with van der Waals surface area (Å²) in [5, 5.41) is 11.1. The monoisotopic (exact) mass is 329 g/mol. The number of nitrogens with zero attached hydrogens (tertiary/aromatic N) is 1. The van der Waals surface area contributed by atoms with Crippen molar-refractivity contribution < 1.29 is 28.3 Å². The summed E-state index contributed by atoms with van der Waals surface area (Å²) in [6.07, 6.45) is -9.13. The van der Waals surface area contributed by atoms with Crippen LogP contribution in [0.5, 0.6) is 11.5 Å². The number of benzene rings is 1. The van der Waals surface area contributed by atoms with Crippen LogP contribution in [-0.4, -0.2) is 43.3 Å². The van der Waals surface area contributed by atoms with Crippen LogP contribution in [0.3, 0.4) is 0 Å². The van der Waals surface area contributed by atoms with Gasteiger partial charge in [0.15, 0.2) is 11.5 Å². The Morgan fingerprint density at radius 3 is 2.74 bits per heavy atom. The molecule has 1 saturated heterocycles. The number of hydrogen-bond donors (Lipinski definition) is 1. The molecule has 0 spiro atoms. The van der Waals surface area contributed by atoms with Crippen LogP contribution >= 0.6 is 0 Å². The van der Waals surface area contributed by atoms with Crippen LogP contribution in [0.15, 0.2) is 12.1 Å². The maximum atomic E-state index is 11.1. The summed E-state index contributed by atoms with van der Waals surface area (Å²) in [6.45, 7) is -0.167. The number of methoxy groups -OCH3 is 2. The van der Waals surface area contributed by atoms with Gasteiger partial charge < -0.3 is 14.6 Å². The topological polar surface area (TPSA) is 41.9 Å². The largest absolute Gasteiger partial charge is 0.493 e. The number of rotatable bonds is 4. The second-order valence-corrected chi connectivity index (χ2v) is 6.07. The lowest BCUT2D eigenvalue weighted by atomic mass is 9.79. The average Bonchev–Trinajstić information content (AvgIpc) is 2.66. The Bertz CT molecular complexity index is 968. The number of fused-ring (bicyclic) bond motifs is 3. The van der Waals surface area contributed by atoms with E-state index in [0.29, 0.717) is 0 Å². The minimum Gasteiger partial charge on any atom is -0.493 e. The number of hydrogen-bond acceptors (Lipinski definition) is 4. The molecular formula is C19H29NO3. The smallest absolute Gasteiger partial charge is 0.161 e. The number of piperidine rings is 1. The Labute approximate surface area is 153 Å².